The first-order chi connectivity index (χ1) is 12.7. The SMILES string of the molecule is COc1ccc(-c2cn3c(CC(=O)Nc4cccnc4)csc3n2)cc1. The minimum absolute atomic E-state index is 0.0857. The predicted octanol–water partition coefficient (Wildman–Crippen LogP) is 3.65. The molecule has 0 aliphatic carbocycles. The van der Waals surface area contributed by atoms with E-state index < -0.39 is 0 Å². The van der Waals surface area contributed by atoms with Gasteiger partial charge >= 0.3 is 0 Å². The highest BCUT2D eigenvalue weighted by molar-refractivity contribution is 7.15. The quantitative estimate of drug-likeness (QED) is 0.587. The molecule has 0 fully saturated rings. The maximum Gasteiger partial charge on any atom is 0.230 e. The number of anilines is 1. The van der Waals surface area contributed by atoms with Gasteiger partial charge in [0.15, 0.2) is 4.96 Å². The lowest BCUT2D eigenvalue weighted by molar-refractivity contribution is -0.115. The molecule has 7 heteroatoms. The Labute approximate surface area is 154 Å². The lowest BCUT2D eigenvalue weighted by atomic mass is 10.2. The number of fused-ring (bicyclic) bond motifs is 1. The molecule has 0 aliphatic heterocycles. The fraction of sp³-hybridized carbons (Fsp3) is 0.105. The van der Waals surface area contributed by atoms with Crippen LogP contribution >= 0.6 is 11.3 Å². The third-order valence-electron chi connectivity index (χ3n) is 3.96. The Balaban J connectivity index is 1.55. The van der Waals surface area contributed by atoms with Crippen molar-refractivity contribution in [3.63, 3.8) is 0 Å². The number of rotatable bonds is 5. The highest BCUT2D eigenvalue weighted by Gasteiger charge is 2.13. The molecule has 0 spiro atoms. The van der Waals surface area contributed by atoms with Crippen LogP contribution < -0.4 is 10.1 Å². The summed E-state index contributed by atoms with van der Waals surface area (Å²) in [6.45, 7) is 0. The van der Waals surface area contributed by atoms with Crippen molar-refractivity contribution >= 4 is 27.9 Å². The zero-order valence-electron chi connectivity index (χ0n) is 14.0. The summed E-state index contributed by atoms with van der Waals surface area (Å²) >= 11 is 1.52. The Morgan fingerprint density at radius 2 is 2.12 bits per heavy atom. The van der Waals surface area contributed by atoms with Crippen molar-refractivity contribution in [3.05, 3.63) is 66.1 Å². The summed E-state index contributed by atoms with van der Waals surface area (Å²) in [6, 6.07) is 11.4. The average molecular weight is 364 g/mol. The predicted molar refractivity (Wildman–Crippen MR) is 102 cm³/mol. The number of benzene rings is 1. The van der Waals surface area contributed by atoms with E-state index in [0.29, 0.717) is 5.69 Å². The number of ether oxygens (including phenoxy) is 1. The number of pyridine rings is 1. The van der Waals surface area contributed by atoms with Gasteiger partial charge in [0.1, 0.15) is 5.75 Å². The number of nitrogens with one attached hydrogen (secondary N) is 1. The van der Waals surface area contributed by atoms with E-state index in [9.17, 15) is 4.79 Å². The van der Waals surface area contributed by atoms with Gasteiger partial charge in [-0.3, -0.25) is 14.2 Å². The number of thiazole rings is 1. The van der Waals surface area contributed by atoms with Gasteiger partial charge in [0.2, 0.25) is 5.91 Å². The zero-order chi connectivity index (χ0) is 17.9. The van der Waals surface area contributed by atoms with E-state index in [1.807, 2.05) is 46.3 Å². The molecule has 4 rings (SSSR count). The maximum absolute atomic E-state index is 12.3. The molecule has 0 unspecified atom stereocenters. The van der Waals surface area contributed by atoms with Crippen LogP contribution in [0.1, 0.15) is 5.69 Å². The number of aromatic nitrogens is 3. The van der Waals surface area contributed by atoms with Crippen molar-refractivity contribution in [1.29, 1.82) is 0 Å². The van der Waals surface area contributed by atoms with Crippen molar-refractivity contribution in [3.8, 4) is 17.0 Å². The molecule has 0 saturated heterocycles. The summed E-state index contributed by atoms with van der Waals surface area (Å²) in [6.07, 6.45) is 5.53. The molecule has 26 heavy (non-hydrogen) atoms. The van der Waals surface area contributed by atoms with Crippen molar-refractivity contribution in [2.75, 3.05) is 12.4 Å². The van der Waals surface area contributed by atoms with Gasteiger partial charge in [-0.2, -0.15) is 0 Å². The van der Waals surface area contributed by atoms with Crippen molar-refractivity contribution in [2.45, 2.75) is 6.42 Å². The van der Waals surface area contributed by atoms with Crippen LogP contribution in [-0.4, -0.2) is 27.4 Å². The number of nitrogens with zero attached hydrogens (tertiary/aromatic N) is 3. The van der Waals surface area contributed by atoms with Crippen LogP contribution in [0.2, 0.25) is 0 Å². The van der Waals surface area contributed by atoms with E-state index in [1.165, 1.54) is 11.3 Å². The first-order valence-corrected chi connectivity index (χ1v) is 8.90. The minimum atomic E-state index is -0.0857. The summed E-state index contributed by atoms with van der Waals surface area (Å²) in [5.74, 6) is 0.722. The van der Waals surface area contributed by atoms with Crippen LogP contribution in [0, 0.1) is 0 Å². The highest BCUT2D eigenvalue weighted by Crippen LogP contribution is 2.25. The zero-order valence-corrected chi connectivity index (χ0v) is 14.9. The molecule has 1 N–H and O–H groups in total. The van der Waals surface area contributed by atoms with Gasteiger partial charge in [-0.15, -0.1) is 11.3 Å². The smallest absolute Gasteiger partial charge is 0.230 e. The second-order valence-electron chi connectivity index (χ2n) is 5.70. The molecular formula is C19H16N4O2S. The van der Waals surface area contributed by atoms with Crippen LogP contribution in [0.5, 0.6) is 5.75 Å². The molecule has 3 heterocycles. The van der Waals surface area contributed by atoms with E-state index in [4.69, 9.17) is 4.74 Å². The summed E-state index contributed by atoms with van der Waals surface area (Å²) in [7, 11) is 1.64. The second kappa shape index (κ2) is 6.97. The largest absolute Gasteiger partial charge is 0.497 e. The number of carbonyl (C=O) groups excluding carboxylic acids is 1. The molecule has 0 bridgehead atoms. The standard InChI is InChI=1S/C19H16N4O2S/c1-25-16-6-4-13(5-7-16)17-11-23-15(12-26-19(23)22-17)9-18(24)21-14-3-2-8-20-10-14/h2-8,10-12H,9H2,1H3,(H,21,24). The molecule has 3 aromatic heterocycles. The number of amides is 1. The first kappa shape index (κ1) is 16.3. The first-order valence-electron chi connectivity index (χ1n) is 8.03. The molecule has 6 nitrogen and oxygen atoms in total. The van der Waals surface area contributed by atoms with Crippen LogP contribution in [0.4, 0.5) is 5.69 Å². The van der Waals surface area contributed by atoms with Crippen LogP contribution in [-0.2, 0) is 11.2 Å². The van der Waals surface area contributed by atoms with E-state index in [-0.39, 0.29) is 12.3 Å². The minimum Gasteiger partial charge on any atom is -0.497 e. The summed E-state index contributed by atoms with van der Waals surface area (Å²) in [5.41, 5.74) is 3.47. The van der Waals surface area contributed by atoms with Crippen molar-refractivity contribution in [1.82, 2.24) is 14.4 Å². The van der Waals surface area contributed by atoms with Gasteiger partial charge in [-0.05, 0) is 36.4 Å². The average Bonchev–Trinajstić information content (AvgIpc) is 3.25. The summed E-state index contributed by atoms with van der Waals surface area (Å²) in [4.78, 5) is 21.8. The van der Waals surface area contributed by atoms with Crippen LogP contribution in [0.25, 0.3) is 16.2 Å². The van der Waals surface area contributed by atoms with Crippen molar-refractivity contribution < 1.29 is 9.53 Å². The molecule has 1 aromatic carbocycles. The van der Waals surface area contributed by atoms with Gasteiger partial charge in [-0.25, -0.2) is 4.98 Å². The van der Waals surface area contributed by atoms with Crippen molar-refractivity contribution in [2.24, 2.45) is 0 Å². The molecule has 0 radical (unpaired) electrons. The van der Waals surface area contributed by atoms with E-state index in [2.05, 4.69) is 15.3 Å². The van der Waals surface area contributed by atoms with Gasteiger partial charge in [0, 0.05) is 29.0 Å². The number of imidazole rings is 1. The molecule has 0 atom stereocenters. The summed E-state index contributed by atoms with van der Waals surface area (Å²) in [5, 5.41) is 4.81. The molecule has 130 valence electrons. The van der Waals surface area contributed by atoms with Gasteiger partial charge in [-0.1, -0.05) is 0 Å². The third kappa shape index (κ3) is 3.29. The number of hydrogen-bond donors (Lipinski definition) is 1. The maximum atomic E-state index is 12.3. The Kier molecular flexibility index (Phi) is 4.37. The van der Waals surface area contributed by atoms with E-state index in [0.717, 1.165) is 27.7 Å². The lowest BCUT2D eigenvalue weighted by Crippen LogP contribution is -2.15. The van der Waals surface area contributed by atoms with Gasteiger partial charge in [0.25, 0.3) is 0 Å². The lowest BCUT2D eigenvalue weighted by Gasteiger charge is -2.04. The molecule has 0 aliphatic rings. The second-order valence-corrected chi connectivity index (χ2v) is 6.54. The highest BCUT2D eigenvalue weighted by atomic mass is 32.1. The topological polar surface area (TPSA) is 68.5 Å². The fourth-order valence-corrected chi connectivity index (χ4v) is 3.54. The Bertz CT molecular complexity index is 1040. The number of hydrogen-bond acceptors (Lipinski definition) is 5. The molecule has 1 amide bonds. The number of carbonyl (C=O) groups is 1. The monoisotopic (exact) mass is 364 g/mol. The van der Waals surface area contributed by atoms with Crippen LogP contribution in [0.3, 0.4) is 0 Å². The number of methoxy groups -OCH3 is 1. The Morgan fingerprint density at radius 3 is 2.85 bits per heavy atom. The van der Waals surface area contributed by atoms with Crippen LogP contribution in [0.15, 0.2) is 60.4 Å². The Morgan fingerprint density at radius 1 is 1.27 bits per heavy atom. The Hall–Kier alpha value is -3.19. The summed E-state index contributed by atoms with van der Waals surface area (Å²) < 4.78 is 7.15. The normalized spacial score (nSPS) is 10.8. The van der Waals surface area contributed by atoms with Gasteiger partial charge in [0.05, 0.1) is 31.1 Å². The third-order valence-corrected chi connectivity index (χ3v) is 4.84. The molecule has 4 aromatic rings. The van der Waals surface area contributed by atoms with Gasteiger partial charge < -0.3 is 10.1 Å². The van der Waals surface area contributed by atoms with E-state index >= 15 is 0 Å². The fourth-order valence-electron chi connectivity index (χ4n) is 2.66. The molecular weight excluding hydrogens is 348 g/mol. The van der Waals surface area contributed by atoms with E-state index in [1.54, 1.807) is 25.6 Å². The molecule has 0 saturated carbocycles.